The maximum atomic E-state index is 12.8. The molecule has 118 valence electrons. The first-order chi connectivity index (χ1) is 11.1. The Bertz CT molecular complexity index is 877. The van der Waals surface area contributed by atoms with Crippen molar-refractivity contribution in [3.8, 4) is 5.69 Å². The van der Waals surface area contributed by atoms with Gasteiger partial charge in [-0.1, -0.05) is 18.2 Å². The Balaban J connectivity index is 1.90. The monoisotopic (exact) mass is 327 g/mol. The third kappa shape index (κ3) is 3.12. The first kappa shape index (κ1) is 15.3. The Labute approximate surface area is 139 Å². The van der Waals surface area contributed by atoms with Gasteiger partial charge in [-0.05, 0) is 43.4 Å². The average Bonchev–Trinajstić information content (AvgIpc) is 3.13. The molecule has 0 fully saturated rings. The molecule has 1 amide bonds. The second-order valence-corrected chi connectivity index (χ2v) is 5.71. The van der Waals surface area contributed by atoms with Crippen LogP contribution >= 0.6 is 12.2 Å². The van der Waals surface area contributed by atoms with E-state index in [2.05, 4.69) is 4.98 Å². The quantitative estimate of drug-likeness (QED) is 0.743. The molecule has 0 saturated carbocycles. The zero-order valence-corrected chi connectivity index (χ0v) is 13.8. The van der Waals surface area contributed by atoms with E-state index in [9.17, 15) is 4.79 Å². The van der Waals surface area contributed by atoms with Gasteiger partial charge in [0.1, 0.15) is 17.2 Å². The summed E-state index contributed by atoms with van der Waals surface area (Å²) in [6.07, 6.45) is 1.64. The van der Waals surface area contributed by atoms with Gasteiger partial charge < -0.3 is 14.3 Å². The van der Waals surface area contributed by atoms with Gasteiger partial charge in [-0.2, -0.15) is 0 Å². The van der Waals surface area contributed by atoms with Crippen LogP contribution in [0.25, 0.3) is 5.69 Å². The molecule has 3 rings (SSSR count). The van der Waals surface area contributed by atoms with E-state index in [1.807, 2.05) is 49.4 Å². The zero-order chi connectivity index (χ0) is 16.4. The summed E-state index contributed by atoms with van der Waals surface area (Å²) in [6.45, 7) is 2.28. The number of nitrogens with one attached hydrogen (secondary N) is 1. The van der Waals surface area contributed by atoms with Crippen LogP contribution in [-0.4, -0.2) is 27.4 Å². The molecular formula is C17H17N3O2S. The van der Waals surface area contributed by atoms with Gasteiger partial charge in [-0.25, -0.2) is 0 Å². The Morgan fingerprint density at radius 3 is 2.65 bits per heavy atom. The normalized spacial score (nSPS) is 10.7. The number of H-pyrrole nitrogens is 1. The van der Waals surface area contributed by atoms with Gasteiger partial charge in [0.2, 0.25) is 0 Å². The van der Waals surface area contributed by atoms with E-state index >= 15 is 0 Å². The number of carbonyl (C=O) groups is 1. The number of aryl methyl sites for hydroxylation is 1. The van der Waals surface area contributed by atoms with Crippen LogP contribution in [0.15, 0.2) is 53.1 Å². The van der Waals surface area contributed by atoms with Crippen molar-refractivity contribution >= 4 is 18.1 Å². The SMILES string of the molecule is Cc1ccc(CN(C)C(=O)c2c[nH]c(=S)n2-c2ccccc2)o1. The van der Waals surface area contributed by atoms with E-state index in [4.69, 9.17) is 16.6 Å². The second-order valence-electron chi connectivity index (χ2n) is 5.32. The average molecular weight is 327 g/mol. The summed E-state index contributed by atoms with van der Waals surface area (Å²) in [6, 6.07) is 13.3. The van der Waals surface area contributed by atoms with Crippen LogP contribution in [0.2, 0.25) is 0 Å². The number of para-hydroxylation sites is 1. The summed E-state index contributed by atoms with van der Waals surface area (Å²) in [4.78, 5) is 17.3. The highest BCUT2D eigenvalue weighted by Crippen LogP contribution is 2.16. The molecule has 0 bridgehead atoms. The highest BCUT2D eigenvalue weighted by Gasteiger charge is 2.19. The van der Waals surface area contributed by atoms with E-state index < -0.39 is 0 Å². The van der Waals surface area contributed by atoms with Crippen molar-refractivity contribution < 1.29 is 9.21 Å². The molecule has 0 aliphatic heterocycles. The number of benzene rings is 1. The van der Waals surface area contributed by atoms with Crippen LogP contribution in [-0.2, 0) is 6.54 Å². The van der Waals surface area contributed by atoms with Crippen LogP contribution in [0, 0.1) is 11.7 Å². The van der Waals surface area contributed by atoms with Crippen molar-refractivity contribution in [1.82, 2.24) is 14.5 Å². The lowest BCUT2D eigenvalue weighted by molar-refractivity contribution is 0.0767. The van der Waals surface area contributed by atoms with Crippen LogP contribution < -0.4 is 0 Å². The number of aromatic amines is 1. The molecule has 0 aliphatic carbocycles. The summed E-state index contributed by atoms with van der Waals surface area (Å²) < 4.78 is 7.76. The maximum absolute atomic E-state index is 12.8. The Morgan fingerprint density at radius 1 is 1.26 bits per heavy atom. The van der Waals surface area contributed by atoms with E-state index in [-0.39, 0.29) is 5.91 Å². The molecule has 0 radical (unpaired) electrons. The number of imidazole rings is 1. The maximum Gasteiger partial charge on any atom is 0.272 e. The third-order valence-electron chi connectivity index (χ3n) is 3.55. The predicted molar refractivity (Wildman–Crippen MR) is 90.2 cm³/mol. The summed E-state index contributed by atoms with van der Waals surface area (Å²) in [5.41, 5.74) is 1.34. The number of hydrogen-bond acceptors (Lipinski definition) is 3. The third-order valence-corrected chi connectivity index (χ3v) is 3.85. The first-order valence-electron chi connectivity index (χ1n) is 7.23. The summed E-state index contributed by atoms with van der Waals surface area (Å²) in [5.74, 6) is 1.45. The Morgan fingerprint density at radius 2 is 2.00 bits per heavy atom. The number of furan rings is 1. The highest BCUT2D eigenvalue weighted by molar-refractivity contribution is 7.71. The Kier molecular flexibility index (Phi) is 4.16. The standard InChI is InChI=1S/C17H17N3O2S/c1-12-8-9-14(22-12)11-19(2)16(21)15-10-18-17(23)20(15)13-6-4-3-5-7-13/h3-10H,11H2,1-2H3,(H,18,23). The summed E-state index contributed by atoms with van der Waals surface area (Å²) >= 11 is 5.31. The number of carbonyl (C=O) groups excluding carboxylic acids is 1. The van der Waals surface area contributed by atoms with Crippen LogP contribution in [0.5, 0.6) is 0 Å². The van der Waals surface area contributed by atoms with Crippen molar-refractivity contribution in [2.75, 3.05) is 7.05 Å². The van der Waals surface area contributed by atoms with Crippen LogP contribution in [0.3, 0.4) is 0 Å². The number of nitrogens with zero attached hydrogens (tertiary/aromatic N) is 2. The van der Waals surface area contributed by atoms with E-state index in [0.717, 1.165) is 17.2 Å². The molecule has 2 heterocycles. The second kappa shape index (κ2) is 6.26. The molecule has 0 saturated heterocycles. The number of rotatable bonds is 4. The largest absolute Gasteiger partial charge is 0.464 e. The minimum atomic E-state index is -0.129. The van der Waals surface area contributed by atoms with E-state index in [1.165, 1.54) is 0 Å². The number of hydrogen-bond donors (Lipinski definition) is 1. The van der Waals surface area contributed by atoms with Gasteiger partial charge in [-0.3, -0.25) is 9.36 Å². The van der Waals surface area contributed by atoms with E-state index in [1.54, 1.807) is 22.7 Å². The lowest BCUT2D eigenvalue weighted by Gasteiger charge is -2.17. The predicted octanol–water partition coefficient (Wildman–Crippen LogP) is 3.71. The van der Waals surface area contributed by atoms with Gasteiger partial charge in [0.25, 0.3) is 5.91 Å². The van der Waals surface area contributed by atoms with Crippen molar-refractivity contribution in [3.63, 3.8) is 0 Å². The minimum Gasteiger partial charge on any atom is -0.464 e. The van der Waals surface area contributed by atoms with Gasteiger partial charge in [0, 0.05) is 18.9 Å². The molecule has 0 aliphatic rings. The van der Waals surface area contributed by atoms with Crippen molar-refractivity contribution in [2.45, 2.75) is 13.5 Å². The van der Waals surface area contributed by atoms with Gasteiger partial charge >= 0.3 is 0 Å². The fraction of sp³-hybridized carbons (Fsp3) is 0.176. The van der Waals surface area contributed by atoms with E-state index in [0.29, 0.717) is 17.0 Å². The van der Waals surface area contributed by atoms with Gasteiger partial charge in [0.15, 0.2) is 4.77 Å². The molecule has 1 N–H and O–H groups in total. The molecular weight excluding hydrogens is 310 g/mol. The molecule has 1 aromatic carbocycles. The van der Waals surface area contributed by atoms with Crippen molar-refractivity contribution in [1.29, 1.82) is 0 Å². The van der Waals surface area contributed by atoms with Crippen molar-refractivity contribution in [3.05, 3.63) is 70.6 Å². The summed E-state index contributed by atoms with van der Waals surface area (Å²) in [5, 5.41) is 0. The lowest BCUT2D eigenvalue weighted by atomic mass is 10.3. The van der Waals surface area contributed by atoms with Gasteiger partial charge in [-0.15, -0.1) is 0 Å². The first-order valence-corrected chi connectivity index (χ1v) is 7.63. The van der Waals surface area contributed by atoms with Crippen molar-refractivity contribution in [2.24, 2.45) is 0 Å². The molecule has 0 spiro atoms. The molecule has 6 heteroatoms. The summed E-state index contributed by atoms with van der Waals surface area (Å²) in [7, 11) is 1.74. The fourth-order valence-electron chi connectivity index (χ4n) is 2.43. The van der Waals surface area contributed by atoms with Gasteiger partial charge in [0.05, 0.1) is 6.54 Å². The number of aromatic nitrogens is 2. The fourth-order valence-corrected chi connectivity index (χ4v) is 2.69. The molecule has 0 unspecified atom stereocenters. The Hall–Kier alpha value is -2.60. The zero-order valence-electron chi connectivity index (χ0n) is 12.9. The molecule has 3 aromatic rings. The molecule has 0 atom stereocenters. The molecule has 2 aromatic heterocycles. The number of amides is 1. The molecule has 5 nitrogen and oxygen atoms in total. The van der Waals surface area contributed by atoms with Crippen LogP contribution in [0.4, 0.5) is 0 Å². The van der Waals surface area contributed by atoms with Crippen LogP contribution in [0.1, 0.15) is 22.0 Å². The lowest BCUT2D eigenvalue weighted by Crippen LogP contribution is -2.27. The molecule has 23 heavy (non-hydrogen) atoms. The minimum absolute atomic E-state index is 0.129. The topological polar surface area (TPSA) is 54.2 Å². The highest BCUT2D eigenvalue weighted by atomic mass is 32.1. The smallest absolute Gasteiger partial charge is 0.272 e.